The number of carbonyl (C=O) groups is 2. The van der Waals surface area contributed by atoms with Crippen molar-refractivity contribution in [2.75, 3.05) is 5.32 Å². The highest BCUT2D eigenvalue weighted by Gasteiger charge is 2.42. The number of carbonyl (C=O) groups excluding carboxylic acids is 2. The Labute approximate surface area is 155 Å². The van der Waals surface area contributed by atoms with Crippen LogP contribution in [-0.4, -0.2) is 17.9 Å². The predicted molar refractivity (Wildman–Crippen MR) is 104 cm³/mol. The van der Waals surface area contributed by atoms with E-state index in [9.17, 15) is 9.59 Å². The molecule has 1 saturated carbocycles. The summed E-state index contributed by atoms with van der Waals surface area (Å²) in [5.74, 6) is -0.193. The van der Waals surface area contributed by atoms with Crippen LogP contribution in [0.3, 0.4) is 0 Å². The summed E-state index contributed by atoms with van der Waals surface area (Å²) in [6.07, 6.45) is 3.75. The summed E-state index contributed by atoms with van der Waals surface area (Å²) >= 11 is 0. The summed E-state index contributed by atoms with van der Waals surface area (Å²) in [5, 5.41) is 5.94. The standard InChI is InChI=1S/C22H26N2O2/c1-16(2)23-20(25)18-12-6-7-13-19(18)24-21(26)22(14-8-9-15-22)17-10-4-3-5-11-17/h3-7,10-13,16H,8-9,14-15H2,1-2H3,(H,23,25)(H,24,26). The summed E-state index contributed by atoms with van der Waals surface area (Å²) < 4.78 is 0. The average Bonchev–Trinajstić information content (AvgIpc) is 3.13. The molecule has 2 aromatic rings. The molecule has 4 heteroatoms. The second kappa shape index (κ2) is 7.73. The van der Waals surface area contributed by atoms with Gasteiger partial charge in [0.1, 0.15) is 0 Å². The normalized spacial score (nSPS) is 15.7. The topological polar surface area (TPSA) is 58.2 Å². The lowest BCUT2D eigenvalue weighted by Gasteiger charge is -2.28. The Bertz CT molecular complexity index is 778. The second-order valence-corrected chi connectivity index (χ2v) is 7.28. The number of amides is 2. The molecule has 3 rings (SSSR count). The number of para-hydroxylation sites is 1. The van der Waals surface area contributed by atoms with Gasteiger partial charge in [-0.1, -0.05) is 55.3 Å². The Morgan fingerprint density at radius 2 is 1.54 bits per heavy atom. The molecule has 0 aliphatic heterocycles. The summed E-state index contributed by atoms with van der Waals surface area (Å²) in [4.78, 5) is 25.8. The molecule has 26 heavy (non-hydrogen) atoms. The van der Waals surface area contributed by atoms with Crippen LogP contribution in [0.15, 0.2) is 54.6 Å². The van der Waals surface area contributed by atoms with Gasteiger partial charge in [-0.05, 0) is 44.4 Å². The van der Waals surface area contributed by atoms with Crippen molar-refractivity contribution in [3.8, 4) is 0 Å². The number of hydrogen-bond acceptors (Lipinski definition) is 2. The quantitative estimate of drug-likeness (QED) is 0.846. The van der Waals surface area contributed by atoms with Crippen LogP contribution in [0.5, 0.6) is 0 Å². The van der Waals surface area contributed by atoms with E-state index < -0.39 is 5.41 Å². The molecule has 0 aromatic heterocycles. The molecule has 2 N–H and O–H groups in total. The Kier molecular flexibility index (Phi) is 5.40. The van der Waals surface area contributed by atoms with Gasteiger partial charge < -0.3 is 10.6 Å². The van der Waals surface area contributed by atoms with E-state index in [1.165, 1.54) is 0 Å². The van der Waals surface area contributed by atoms with Gasteiger partial charge >= 0.3 is 0 Å². The van der Waals surface area contributed by atoms with E-state index in [0.717, 1.165) is 31.2 Å². The average molecular weight is 350 g/mol. The summed E-state index contributed by atoms with van der Waals surface area (Å²) in [6.45, 7) is 3.84. The Morgan fingerprint density at radius 1 is 0.923 bits per heavy atom. The first-order valence-corrected chi connectivity index (χ1v) is 9.30. The molecule has 4 nitrogen and oxygen atoms in total. The summed E-state index contributed by atoms with van der Waals surface area (Å²) in [7, 11) is 0. The first kappa shape index (κ1) is 18.2. The molecule has 0 heterocycles. The first-order valence-electron chi connectivity index (χ1n) is 9.30. The third-order valence-electron chi connectivity index (χ3n) is 5.06. The molecule has 136 valence electrons. The monoisotopic (exact) mass is 350 g/mol. The Hall–Kier alpha value is -2.62. The van der Waals surface area contributed by atoms with Crippen LogP contribution in [0, 0.1) is 0 Å². The maximum atomic E-state index is 13.3. The van der Waals surface area contributed by atoms with Gasteiger partial charge in [0.25, 0.3) is 5.91 Å². The van der Waals surface area contributed by atoms with Crippen LogP contribution < -0.4 is 10.6 Å². The van der Waals surface area contributed by atoms with Gasteiger partial charge in [0, 0.05) is 6.04 Å². The molecule has 0 atom stereocenters. The van der Waals surface area contributed by atoms with Crippen molar-refractivity contribution in [2.24, 2.45) is 0 Å². The van der Waals surface area contributed by atoms with Crippen molar-refractivity contribution in [1.82, 2.24) is 5.32 Å². The van der Waals surface area contributed by atoms with E-state index in [4.69, 9.17) is 0 Å². The maximum Gasteiger partial charge on any atom is 0.253 e. The van der Waals surface area contributed by atoms with E-state index in [0.29, 0.717) is 11.3 Å². The zero-order valence-electron chi connectivity index (χ0n) is 15.4. The minimum Gasteiger partial charge on any atom is -0.350 e. The Balaban J connectivity index is 1.89. The van der Waals surface area contributed by atoms with Gasteiger partial charge in [-0.15, -0.1) is 0 Å². The van der Waals surface area contributed by atoms with Gasteiger partial charge in [0.05, 0.1) is 16.7 Å². The van der Waals surface area contributed by atoms with Gasteiger partial charge in [0.15, 0.2) is 0 Å². The van der Waals surface area contributed by atoms with Crippen LogP contribution >= 0.6 is 0 Å². The largest absolute Gasteiger partial charge is 0.350 e. The minimum atomic E-state index is -0.511. The molecule has 2 amide bonds. The fraction of sp³-hybridized carbons (Fsp3) is 0.364. The lowest BCUT2D eigenvalue weighted by molar-refractivity contribution is -0.121. The highest BCUT2D eigenvalue weighted by Crippen LogP contribution is 2.42. The van der Waals surface area contributed by atoms with E-state index in [1.807, 2.05) is 56.3 Å². The zero-order chi connectivity index (χ0) is 18.6. The molecule has 0 spiro atoms. The Morgan fingerprint density at radius 3 is 2.19 bits per heavy atom. The van der Waals surface area contributed by atoms with Crippen LogP contribution in [0.25, 0.3) is 0 Å². The van der Waals surface area contributed by atoms with Crippen molar-refractivity contribution < 1.29 is 9.59 Å². The van der Waals surface area contributed by atoms with Crippen molar-refractivity contribution >= 4 is 17.5 Å². The fourth-order valence-corrected chi connectivity index (χ4v) is 3.75. The molecule has 0 saturated heterocycles. The van der Waals surface area contributed by atoms with E-state index in [1.54, 1.807) is 12.1 Å². The number of anilines is 1. The molecular formula is C22H26N2O2. The van der Waals surface area contributed by atoms with E-state index in [-0.39, 0.29) is 17.9 Å². The van der Waals surface area contributed by atoms with Crippen molar-refractivity contribution in [1.29, 1.82) is 0 Å². The number of hydrogen-bond donors (Lipinski definition) is 2. The maximum absolute atomic E-state index is 13.3. The molecule has 2 aromatic carbocycles. The third-order valence-corrected chi connectivity index (χ3v) is 5.06. The highest BCUT2D eigenvalue weighted by atomic mass is 16.2. The summed E-state index contributed by atoms with van der Waals surface area (Å²) in [6, 6.07) is 17.2. The molecule has 1 fully saturated rings. The number of benzene rings is 2. The van der Waals surface area contributed by atoms with Gasteiger partial charge in [-0.25, -0.2) is 0 Å². The molecule has 1 aliphatic rings. The van der Waals surface area contributed by atoms with Crippen LogP contribution in [0.4, 0.5) is 5.69 Å². The predicted octanol–water partition coefficient (Wildman–Crippen LogP) is 4.28. The second-order valence-electron chi connectivity index (χ2n) is 7.28. The van der Waals surface area contributed by atoms with Crippen LogP contribution in [-0.2, 0) is 10.2 Å². The smallest absolute Gasteiger partial charge is 0.253 e. The molecule has 0 bridgehead atoms. The van der Waals surface area contributed by atoms with E-state index >= 15 is 0 Å². The minimum absolute atomic E-state index is 0.0222. The van der Waals surface area contributed by atoms with Crippen molar-refractivity contribution in [3.63, 3.8) is 0 Å². The molecular weight excluding hydrogens is 324 g/mol. The number of nitrogens with one attached hydrogen (secondary N) is 2. The first-order chi connectivity index (χ1) is 12.5. The van der Waals surface area contributed by atoms with Crippen LogP contribution in [0.1, 0.15) is 55.5 Å². The van der Waals surface area contributed by atoms with Crippen molar-refractivity contribution in [2.45, 2.75) is 51.0 Å². The fourth-order valence-electron chi connectivity index (χ4n) is 3.75. The molecule has 0 radical (unpaired) electrons. The SMILES string of the molecule is CC(C)NC(=O)c1ccccc1NC(=O)C1(c2ccccc2)CCCC1. The number of rotatable bonds is 5. The highest BCUT2D eigenvalue weighted by molar-refractivity contribution is 6.06. The van der Waals surface area contributed by atoms with Crippen LogP contribution in [0.2, 0.25) is 0 Å². The lowest BCUT2D eigenvalue weighted by atomic mass is 9.78. The molecule has 0 unspecified atom stereocenters. The van der Waals surface area contributed by atoms with Gasteiger partial charge in [0.2, 0.25) is 5.91 Å². The van der Waals surface area contributed by atoms with Gasteiger partial charge in [-0.2, -0.15) is 0 Å². The van der Waals surface area contributed by atoms with E-state index in [2.05, 4.69) is 10.6 Å². The summed E-state index contributed by atoms with van der Waals surface area (Å²) in [5.41, 5.74) is 1.61. The van der Waals surface area contributed by atoms with Crippen molar-refractivity contribution in [3.05, 3.63) is 65.7 Å². The third kappa shape index (κ3) is 3.64. The molecule has 1 aliphatic carbocycles. The lowest BCUT2D eigenvalue weighted by Crippen LogP contribution is -2.38. The zero-order valence-corrected chi connectivity index (χ0v) is 15.4. The van der Waals surface area contributed by atoms with Gasteiger partial charge in [-0.3, -0.25) is 9.59 Å².